The second-order valence-electron chi connectivity index (χ2n) is 4.94. The molecule has 3 nitrogen and oxygen atoms in total. The first-order valence-electron chi connectivity index (χ1n) is 6.10. The Kier molecular flexibility index (Phi) is 3.44. The van der Waals surface area contributed by atoms with Gasteiger partial charge in [-0.05, 0) is 32.2 Å². The molecule has 1 unspecified atom stereocenters. The predicted molar refractivity (Wildman–Crippen MR) is 63.8 cm³/mol. The summed E-state index contributed by atoms with van der Waals surface area (Å²) in [5.74, 6) is 0. The summed E-state index contributed by atoms with van der Waals surface area (Å²) in [7, 11) is 0. The van der Waals surface area contributed by atoms with Crippen LogP contribution in [-0.4, -0.2) is 42.7 Å². The van der Waals surface area contributed by atoms with Gasteiger partial charge >= 0.3 is 0 Å². The van der Waals surface area contributed by atoms with E-state index in [9.17, 15) is 0 Å². The van der Waals surface area contributed by atoms with Crippen molar-refractivity contribution in [3.05, 3.63) is 12.7 Å². The number of nitrogens with two attached hydrogens (primary N) is 1. The third-order valence-corrected chi connectivity index (χ3v) is 3.69. The van der Waals surface area contributed by atoms with Gasteiger partial charge < -0.3 is 11.1 Å². The average Bonchev–Trinajstić information content (AvgIpc) is 3.02. The van der Waals surface area contributed by atoms with Gasteiger partial charge in [-0.1, -0.05) is 6.08 Å². The van der Waals surface area contributed by atoms with E-state index < -0.39 is 0 Å². The third-order valence-electron chi connectivity index (χ3n) is 3.69. The lowest BCUT2D eigenvalue weighted by Gasteiger charge is -2.29. The van der Waals surface area contributed by atoms with Crippen molar-refractivity contribution in [1.29, 1.82) is 0 Å². The highest BCUT2D eigenvalue weighted by Crippen LogP contribution is 2.33. The SMILES string of the molecule is C=CCCNC1(CN)CCN(C2CC2)C1. The minimum absolute atomic E-state index is 0.186. The monoisotopic (exact) mass is 209 g/mol. The molecule has 0 aromatic carbocycles. The van der Waals surface area contributed by atoms with Crippen molar-refractivity contribution in [1.82, 2.24) is 10.2 Å². The maximum Gasteiger partial charge on any atom is 0.0445 e. The Morgan fingerprint density at radius 1 is 1.53 bits per heavy atom. The summed E-state index contributed by atoms with van der Waals surface area (Å²) in [6.07, 6.45) is 6.99. The van der Waals surface area contributed by atoms with Gasteiger partial charge in [-0.15, -0.1) is 6.58 Å². The molecule has 0 spiro atoms. The van der Waals surface area contributed by atoms with Crippen LogP contribution in [0.2, 0.25) is 0 Å². The van der Waals surface area contributed by atoms with Gasteiger partial charge in [0.05, 0.1) is 0 Å². The van der Waals surface area contributed by atoms with Gasteiger partial charge in [0, 0.05) is 31.2 Å². The van der Waals surface area contributed by atoms with E-state index in [1.165, 1.54) is 25.8 Å². The van der Waals surface area contributed by atoms with E-state index in [2.05, 4.69) is 16.8 Å². The largest absolute Gasteiger partial charge is 0.329 e. The van der Waals surface area contributed by atoms with Crippen molar-refractivity contribution in [3.8, 4) is 0 Å². The number of rotatable bonds is 6. The number of likely N-dealkylation sites (tertiary alicyclic amines) is 1. The number of hydrogen-bond donors (Lipinski definition) is 2. The standard InChI is InChI=1S/C12H23N3/c1-2-3-7-14-12(9-13)6-8-15(10-12)11-4-5-11/h2,11,14H,1,3-10,13H2. The van der Waals surface area contributed by atoms with E-state index >= 15 is 0 Å². The van der Waals surface area contributed by atoms with Crippen molar-refractivity contribution in [2.45, 2.75) is 37.3 Å². The summed E-state index contributed by atoms with van der Waals surface area (Å²) in [5.41, 5.74) is 6.10. The highest BCUT2D eigenvalue weighted by Gasteiger charge is 2.41. The quantitative estimate of drug-likeness (QED) is 0.500. The van der Waals surface area contributed by atoms with Crippen LogP contribution >= 0.6 is 0 Å². The van der Waals surface area contributed by atoms with Crippen LogP contribution in [0.1, 0.15) is 25.7 Å². The van der Waals surface area contributed by atoms with Gasteiger partial charge in [-0.25, -0.2) is 0 Å². The summed E-state index contributed by atoms with van der Waals surface area (Å²) in [5, 5.41) is 3.62. The molecule has 2 aliphatic rings. The lowest BCUT2D eigenvalue weighted by molar-refractivity contribution is 0.277. The van der Waals surface area contributed by atoms with Gasteiger partial charge in [0.15, 0.2) is 0 Å². The fourth-order valence-corrected chi connectivity index (χ4v) is 2.48. The molecular weight excluding hydrogens is 186 g/mol. The van der Waals surface area contributed by atoms with E-state index in [0.717, 1.165) is 32.1 Å². The normalized spacial score (nSPS) is 32.1. The van der Waals surface area contributed by atoms with Gasteiger partial charge in [0.25, 0.3) is 0 Å². The smallest absolute Gasteiger partial charge is 0.0445 e. The van der Waals surface area contributed by atoms with E-state index in [0.29, 0.717) is 0 Å². The van der Waals surface area contributed by atoms with Crippen LogP contribution in [0.5, 0.6) is 0 Å². The molecule has 0 bridgehead atoms. The second kappa shape index (κ2) is 4.64. The molecule has 2 fully saturated rings. The highest BCUT2D eigenvalue weighted by molar-refractivity contribution is 5.02. The molecule has 86 valence electrons. The summed E-state index contributed by atoms with van der Waals surface area (Å²) in [6, 6.07) is 0.875. The topological polar surface area (TPSA) is 41.3 Å². The summed E-state index contributed by atoms with van der Waals surface area (Å²) in [6.45, 7) is 7.88. The fourth-order valence-electron chi connectivity index (χ4n) is 2.48. The van der Waals surface area contributed by atoms with E-state index in [1.807, 2.05) is 6.08 Å². The molecule has 0 amide bonds. The summed E-state index contributed by atoms with van der Waals surface area (Å²) < 4.78 is 0. The molecule has 1 saturated heterocycles. The second-order valence-corrected chi connectivity index (χ2v) is 4.94. The Morgan fingerprint density at radius 3 is 2.93 bits per heavy atom. The zero-order valence-electron chi connectivity index (χ0n) is 9.54. The zero-order valence-corrected chi connectivity index (χ0v) is 9.54. The van der Waals surface area contributed by atoms with Crippen LogP contribution in [0.25, 0.3) is 0 Å². The Balaban J connectivity index is 1.82. The molecule has 1 aliphatic heterocycles. The van der Waals surface area contributed by atoms with Crippen LogP contribution < -0.4 is 11.1 Å². The Bertz CT molecular complexity index is 225. The zero-order chi connectivity index (χ0) is 10.7. The minimum atomic E-state index is 0.186. The third kappa shape index (κ3) is 2.60. The minimum Gasteiger partial charge on any atom is -0.329 e. The molecule has 0 aromatic heterocycles. The first-order chi connectivity index (χ1) is 7.29. The number of nitrogens with one attached hydrogen (secondary N) is 1. The summed E-state index contributed by atoms with van der Waals surface area (Å²) in [4.78, 5) is 2.60. The van der Waals surface area contributed by atoms with Crippen molar-refractivity contribution >= 4 is 0 Å². The molecule has 3 heteroatoms. The Morgan fingerprint density at radius 2 is 2.33 bits per heavy atom. The highest BCUT2D eigenvalue weighted by atomic mass is 15.3. The van der Waals surface area contributed by atoms with Crippen LogP contribution in [-0.2, 0) is 0 Å². The fraction of sp³-hybridized carbons (Fsp3) is 0.833. The van der Waals surface area contributed by atoms with Crippen LogP contribution in [0.15, 0.2) is 12.7 Å². The molecule has 1 atom stereocenters. The molecule has 2 rings (SSSR count). The molecule has 1 heterocycles. The van der Waals surface area contributed by atoms with Crippen molar-refractivity contribution < 1.29 is 0 Å². The summed E-state index contributed by atoms with van der Waals surface area (Å²) >= 11 is 0. The Hall–Kier alpha value is -0.380. The van der Waals surface area contributed by atoms with Crippen LogP contribution in [0.4, 0.5) is 0 Å². The van der Waals surface area contributed by atoms with Gasteiger partial charge in [-0.2, -0.15) is 0 Å². The first-order valence-corrected chi connectivity index (χ1v) is 6.10. The molecule has 0 radical (unpaired) electrons. The van der Waals surface area contributed by atoms with Crippen LogP contribution in [0, 0.1) is 0 Å². The van der Waals surface area contributed by atoms with Crippen molar-refractivity contribution in [3.63, 3.8) is 0 Å². The van der Waals surface area contributed by atoms with Crippen LogP contribution in [0.3, 0.4) is 0 Å². The average molecular weight is 209 g/mol. The predicted octanol–water partition coefficient (Wildman–Crippen LogP) is 0.718. The maximum atomic E-state index is 5.92. The molecule has 3 N–H and O–H groups in total. The molecule has 1 saturated carbocycles. The van der Waals surface area contributed by atoms with Gasteiger partial charge in [0.2, 0.25) is 0 Å². The van der Waals surface area contributed by atoms with Crippen molar-refractivity contribution in [2.24, 2.45) is 5.73 Å². The molecule has 15 heavy (non-hydrogen) atoms. The molecular formula is C12H23N3. The van der Waals surface area contributed by atoms with E-state index in [-0.39, 0.29) is 5.54 Å². The maximum absolute atomic E-state index is 5.92. The van der Waals surface area contributed by atoms with E-state index in [1.54, 1.807) is 0 Å². The van der Waals surface area contributed by atoms with Gasteiger partial charge in [0.1, 0.15) is 0 Å². The Labute approximate surface area is 92.7 Å². The van der Waals surface area contributed by atoms with E-state index in [4.69, 9.17) is 5.73 Å². The lowest BCUT2D eigenvalue weighted by atomic mass is 9.99. The lowest BCUT2D eigenvalue weighted by Crippen LogP contribution is -2.53. The van der Waals surface area contributed by atoms with Crippen molar-refractivity contribution in [2.75, 3.05) is 26.2 Å². The number of nitrogens with zero attached hydrogens (tertiary/aromatic N) is 1. The number of hydrogen-bond acceptors (Lipinski definition) is 3. The molecule has 0 aromatic rings. The molecule has 1 aliphatic carbocycles. The van der Waals surface area contributed by atoms with Gasteiger partial charge in [-0.3, -0.25) is 4.90 Å². The first kappa shape index (κ1) is 11.1.